The average Bonchev–Trinajstić information content (AvgIpc) is 1.52. The van der Waals surface area contributed by atoms with Gasteiger partial charge in [-0.15, -0.1) is 0 Å². The Morgan fingerprint density at radius 2 is 0.771 bits per heavy atom. The summed E-state index contributed by atoms with van der Waals surface area (Å²) in [5.41, 5.74) is 31.6. The minimum atomic E-state index is -0.592. The molecule has 2 heterocycles. The highest BCUT2D eigenvalue weighted by molar-refractivity contribution is 6.14. The number of hydrogen-bond acceptors (Lipinski definition) is 2. The topological polar surface area (TPSA) is 16.3 Å². The zero-order chi connectivity index (χ0) is 72.8. The van der Waals surface area contributed by atoms with Gasteiger partial charge in [0.15, 0.2) is 0 Å². The van der Waals surface area contributed by atoms with Crippen LogP contribution in [0.4, 0.5) is 0 Å². The molecular weight excluding hydrogens is 1320 g/mol. The Bertz CT molecular complexity index is 5890. The third-order valence-electron chi connectivity index (χ3n) is 25.0. The standard InChI is InChI=1S/C105H88N4/c1-69-45-53-97(71(3)59-69)106(83-39-25-41-85(65-83)108-99-55-47-77(73-27-11-5-12-28-73)61-91(99)92-62-78(48-56-100(92)108)74-29-13-6-14-30-74)87-51-52-90-95(67-87)105(81-35-19-9-20-36-81,82-37-21-10-22-38-82)96-68-103(88-43-23-24-44-89(88)104(90)96)107(98-54-46-70(2)60-72(98)4)84-40-26-42-86(66-84)109-101-57-49-79(75-31-15-7-16-32-75)63-93(101)94-64-80(50-58-102(94)109)76-33-17-8-18-34-76/h5-24,27-40,43-66,68,71-72,88-89,95,97-98H,25-26,41-42,67H2,1-4H3. The van der Waals surface area contributed by atoms with Crippen LogP contribution in [0.3, 0.4) is 0 Å². The van der Waals surface area contributed by atoms with Crippen molar-refractivity contribution in [3.05, 3.63) is 420 Å². The number of hydrogen-bond donors (Lipinski definition) is 0. The molecule has 0 amide bonds. The van der Waals surface area contributed by atoms with Crippen LogP contribution in [0.5, 0.6) is 0 Å². The molecule has 109 heavy (non-hydrogen) atoms. The first-order valence-electron chi connectivity index (χ1n) is 39.6. The van der Waals surface area contributed by atoms with Gasteiger partial charge in [-0.1, -0.05) is 310 Å². The summed E-state index contributed by atoms with van der Waals surface area (Å²) in [4.78, 5) is 5.60. The van der Waals surface area contributed by atoms with Crippen LogP contribution < -0.4 is 0 Å². The molecule has 0 saturated carbocycles. The molecule has 0 radical (unpaired) electrons. The second-order valence-electron chi connectivity index (χ2n) is 31.4. The summed E-state index contributed by atoms with van der Waals surface area (Å²) >= 11 is 0. The fourth-order valence-electron chi connectivity index (χ4n) is 20.2. The Labute approximate surface area is 641 Å². The van der Waals surface area contributed by atoms with E-state index in [2.05, 4.69) is 405 Å². The van der Waals surface area contributed by atoms with Gasteiger partial charge in [0.1, 0.15) is 0 Å². The summed E-state index contributed by atoms with van der Waals surface area (Å²) in [7, 11) is 0. The van der Waals surface area contributed by atoms with Crippen LogP contribution >= 0.6 is 0 Å². The molecule has 0 spiro atoms. The Hall–Kier alpha value is -12.2. The van der Waals surface area contributed by atoms with Crippen molar-refractivity contribution in [1.29, 1.82) is 0 Å². The van der Waals surface area contributed by atoms with Crippen molar-refractivity contribution in [3.8, 4) is 44.5 Å². The fourth-order valence-corrected chi connectivity index (χ4v) is 20.2. The number of benzene rings is 10. The Morgan fingerprint density at radius 3 is 1.18 bits per heavy atom. The summed E-state index contributed by atoms with van der Waals surface area (Å²) < 4.78 is 5.21. The van der Waals surface area contributed by atoms with E-state index in [0.717, 1.165) is 32.1 Å². The lowest BCUT2D eigenvalue weighted by Gasteiger charge is -2.46. The van der Waals surface area contributed by atoms with E-state index >= 15 is 0 Å². The second-order valence-corrected chi connectivity index (χ2v) is 31.4. The highest BCUT2D eigenvalue weighted by Crippen LogP contribution is 2.65. The van der Waals surface area contributed by atoms with Crippen molar-refractivity contribution in [1.82, 2.24) is 18.9 Å². The normalized spacial score (nSPS) is 21.9. The van der Waals surface area contributed by atoms with Gasteiger partial charge >= 0.3 is 0 Å². The van der Waals surface area contributed by atoms with Crippen molar-refractivity contribution < 1.29 is 0 Å². The van der Waals surface area contributed by atoms with Crippen LogP contribution in [-0.2, 0) is 5.41 Å². The summed E-state index contributed by atoms with van der Waals surface area (Å²) in [6.45, 7) is 9.41. The van der Waals surface area contributed by atoms with Gasteiger partial charge in [-0.05, 0) is 203 Å². The zero-order valence-electron chi connectivity index (χ0n) is 62.4. The summed E-state index contributed by atoms with van der Waals surface area (Å²) in [5.74, 6) is 0.620. The van der Waals surface area contributed by atoms with Gasteiger partial charge in [-0.3, -0.25) is 0 Å². The molecule has 10 aromatic carbocycles. The average molecular weight is 1410 g/mol. The molecule has 8 aliphatic carbocycles. The van der Waals surface area contributed by atoms with E-state index in [-0.39, 0.29) is 41.7 Å². The highest BCUT2D eigenvalue weighted by Gasteiger charge is 2.57. The Morgan fingerprint density at radius 1 is 0.385 bits per heavy atom. The SMILES string of the molecule is CC1=CC(C)C(N(C2=CCCC(n3c4ccc(-c5ccccc5)cc4c4cc(-c5ccccc5)ccc43)=C2)C2=CC=C3C4=C(C=C(N(C5=CCCC(n6c7ccc(-c8ccccc8)cc7c7cc(-c8ccccc8)ccc76)=C5)C5C=CC(C)=CC5C)C5C=CC=CC45)C(c4ccccc4)(c4ccccc4)C3C2)C=C1. The fraction of sp³-hybridized carbons (Fsp3) is 0.162. The van der Waals surface area contributed by atoms with E-state index in [9.17, 15) is 0 Å². The Balaban J connectivity index is 0.756. The van der Waals surface area contributed by atoms with E-state index in [1.54, 1.807) is 0 Å². The number of rotatable bonds is 14. The maximum atomic E-state index is 2.82. The van der Waals surface area contributed by atoms with Gasteiger partial charge in [0, 0.05) is 73.5 Å². The first-order valence-corrected chi connectivity index (χ1v) is 39.6. The van der Waals surface area contributed by atoms with Gasteiger partial charge < -0.3 is 18.9 Å². The van der Waals surface area contributed by atoms with Crippen LogP contribution in [0.1, 0.15) is 70.9 Å². The van der Waals surface area contributed by atoms with Crippen LogP contribution in [0.2, 0.25) is 0 Å². The van der Waals surface area contributed by atoms with Crippen molar-refractivity contribution >= 4 is 55.0 Å². The van der Waals surface area contributed by atoms with Crippen molar-refractivity contribution in [3.63, 3.8) is 0 Å². The molecule has 12 aromatic rings. The van der Waals surface area contributed by atoms with E-state index in [1.807, 2.05) is 0 Å². The van der Waals surface area contributed by atoms with Gasteiger partial charge in [-0.25, -0.2) is 0 Å². The first kappa shape index (κ1) is 66.2. The second kappa shape index (κ2) is 27.2. The lowest BCUT2D eigenvalue weighted by atomic mass is 9.61. The first-order chi connectivity index (χ1) is 53.7. The van der Waals surface area contributed by atoms with E-state index in [4.69, 9.17) is 0 Å². The van der Waals surface area contributed by atoms with Crippen molar-refractivity contribution in [2.75, 3.05) is 0 Å². The Kier molecular flexibility index (Phi) is 16.5. The molecule has 0 saturated heterocycles. The van der Waals surface area contributed by atoms with Gasteiger partial charge in [0.2, 0.25) is 0 Å². The molecule has 4 nitrogen and oxygen atoms in total. The number of nitrogens with zero attached hydrogens (tertiary/aromatic N) is 4. The quantitative estimate of drug-likeness (QED) is 0.108. The monoisotopic (exact) mass is 1400 g/mol. The maximum absolute atomic E-state index is 2.82. The molecule has 7 atom stereocenters. The van der Waals surface area contributed by atoms with Gasteiger partial charge in [0.25, 0.3) is 0 Å². The van der Waals surface area contributed by atoms with E-state index < -0.39 is 5.41 Å². The van der Waals surface area contributed by atoms with Crippen LogP contribution in [-0.4, -0.2) is 31.0 Å². The van der Waals surface area contributed by atoms with Crippen LogP contribution in [0, 0.1) is 29.6 Å². The minimum absolute atomic E-state index is 0.0381. The predicted molar refractivity (Wildman–Crippen MR) is 457 cm³/mol. The molecule has 0 N–H and O–H groups in total. The third-order valence-corrected chi connectivity index (χ3v) is 25.0. The lowest BCUT2D eigenvalue weighted by molar-refractivity contribution is 0.281. The van der Waals surface area contributed by atoms with Gasteiger partial charge in [0.05, 0.1) is 39.6 Å². The molecule has 0 bridgehead atoms. The number of aromatic nitrogens is 2. The highest BCUT2D eigenvalue weighted by atomic mass is 15.2. The lowest BCUT2D eigenvalue weighted by Crippen LogP contribution is -2.43. The molecule has 4 heteroatoms. The van der Waals surface area contributed by atoms with Crippen LogP contribution in [0.25, 0.3) is 99.5 Å². The molecule has 0 aliphatic heterocycles. The molecule has 528 valence electrons. The number of allylic oxidation sites excluding steroid dienone is 21. The zero-order valence-corrected chi connectivity index (χ0v) is 62.4. The predicted octanol–water partition coefficient (Wildman–Crippen LogP) is 26.3. The van der Waals surface area contributed by atoms with E-state index in [0.29, 0.717) is 0 Å². The molecule has 2 aromatic heterocycles. The molecule has 8 aliphatic rings. The maximum Gasteiger partial charge on any atom is 0.0582 e. The summed E-state index contributed by atoms with van der Waals surface area (Å²) in [6, 6.07) is 95.7. The van der Waals surface area contributed by atoms with Crippen molar-refractivity contribution in [2.45, 2.75) is 77.3 Å². The molecule has 20 rings (SSSR count). The largest absolute Gasteiger partial charge is 0.338 e. The third kappa shape index (κ3) is 11.2. The summed E-state index contributed by atoms with van der Waals surface area (Å²) in [6.07, 6.45) is 47.2. The summed E-state index contributed by atoms with van der Waals surface area (Å²) in [5, 5.41) is 5.07. The molecule has 7 unspecified atom stereocenters. The molecule has 0 fully saturated rings. The molecular formula is C105H88N4. The number of fused-ring (bicyclic) bond motifs is 10. The smallest absolute Gasteiger partial charge is 0.0582 e. The van der Waals surface area contributed by atoms with E-state index in [1.165, 1.54) is 161 Å². The van der Waals surface area contributed by atoms with Gasteiger partial charge in [-0.2, -0.15) is 0 Å². The van der Waals surface area contributed by atoms with Crippen molar-refractivity contribution in [2.24, 2.45) is 29.6 Å². The minimum Gasteiger partial charge on any atom is -0.338 e. The van der Waals surface area contributed by atoms with Crippen LogP contribution in [0.15, 0.2) is 409 Å².